The Balaban J connectivity index is 2.46. The van der Waals surface area contributed by atoms with Gasteiger partial charge in [0.2, 0.25) is 5.91 Å². The van der Waals surface area contributed by atoms with Gasteiger partial charge in [0.1, 0.15) is 18.2 Å². The monoisotopic (exact) mass is 254 g/mol. The van der Waals surface area contributed by atoms with E-state index in [1.807, 2.05) is 13.8 Å². The standard InChI is InChI=1S/C13H19FN2O2/c1-10(2)16(13(17)9-15)6-7-18-12-5-3-4-11(14)8-12/h3-5,8,10H,6-7,9,15H2,1-2H3. The van der Waals surface area contributed by atoms with Crippen molar-refractivity contribution in [3.05, 3.63) is 30.1 Å². The van der Waals surface area contributed by atoms with E-state index in [-0.39, 0.29) is 24.3 Å². The van der Waals surface area contributed by atoms with Crippen molar-refractivity contribution in [3.8, 4) is 5.75 Å². The fourth-order valence-electron chi connectivity index (χ4n) is 1.61. The van der Waals surface area contributed by atoms with Crippen LogP contribution >= 0.6 is 0 Å². The van der Waals surface area contributed by atoms with Gasteiger partial charge in [-0.3, -0.25) is 4.79 Å². The maximum Gasteiger partial charge on any atom is 0.236 e. The second-order valence-electron chi connectivity index (χ2n) is 4.19. The molecule has 0 bridgehead atoms. The number of amides is 1. The van der Waals surface area contributed by atoms with Gasteiger partial charge in [-0.25, -0.2) is 4.39 Å². The van der Waals surface area contributed by atoms with Gasteiger partial charge in [-0.15, -0.1) is 0 Å². The van der Waals surface area contributed by atoms with E-state index < -0.39 is 0 Å². The molecular weight excluding hydrogens is 235 g/mol. The highest BCUT2D eigenvalue weighted by molar-refractivity contribution is 5.78. The third-order valence-corrected chi connectivity index (χ3v) is 2.52. The van der Waals surface area contributed by atoms with E-state index in [1.54, 1.807) is 17.0 Å². The maximum atomic E-state index is 12.9. The summed E-state index contributed by atoms with van der Waals surface area (Å²) in [7, 11) is 0. The van der Waals surface area contributed by atoms with Gasteiger partial charge in [-0.05, 0) is 26.0 Å². The van der Waals surface area contributed by atoms with Gasteiger partial charge in [0.25, 0.3) is 0 Å². The van der Waals surface area contributed by atoms with Crippen molar-refractivity contribution in [1.29, 1.82) is 0 Å². The quantitative estimate of drug-likeness (QED) is 0.835. The molecule has 0 aliphatic carbocycles. The molecule has 0 aliphatic heterocycles. The number of carbonyl (C=O) groups excluding carboxylic acids is 1. The summed E-state index contributed by atoms with van der Waals surface area (Å²) in [4.78, 5) is 13.2. The Kier molecular flexibility index (Phi) is 5.58. The van der Waals surface area contributed by atoms with Crippen LogP contribution in [0.2, 0.25) is 0 Å². The molecule has 0 unspecified atom stereocenters. The van der Waals surface area contributed by atoms with Crippen molar-refractivity contribution in [1.82, 2.24) is 4.90 Å². The molecule has 5 heteroatoms. The van der Waals surface area contributed by atoms with Crippen molar-refractivity contribution in [3.63, 3.8) is 0 Å². The van der Waals surface area contributed by atoms with Crippen molar-refractivity contribution in [2.24, 2.45) is 5.73 Å². The Labute approximate surface area is 107 Å². The summed E-state index contributed by atoms with van der Waals surface area (Å²) in [6.45, 7) is 4.56. The van der Waals surface area contributed by atoms with Crippen molar-refractivity contribution in [2.45, 2.75) is 19.9 Å². The molecule has 4 nitrogen and oxygen atoms in total. The van der Waals surface area contributed by atoms with Gasteiger partial charge in [0, 0.05) is 12.1 Å². The van der Waals surface area contributed by atoms with E-state index in [2.05, 4.69) is 0 Å². The van der Waals surface area contributed by atoms with Gasteiger partial charge in [0.05, 0.1) is 13.1 Å². The zero-order valence-corrected chi connectivity index (χ0v) is 10.7. The molecule has 0 heterocycles. The highest BCUT2D eigenvalue weighted by atomic mass is 19.1. The number of ether oxygens (including phenoxy) is 1. The first-order chi connectivity index (χ1) is 8.54. The topological polar surface area (TPSA) is 55.6 Å². The zero-order valence-electron chi connectivity index (χ0n) is 10.7. The van der Waals surface area contributed by atoms with Gasteiger partial charge in [0.15, 0.2) is 0 Å². The van der Waals surface area contributed by atoms with Crippen molar-refractivity contribution < 1.29 is 13.9 Å². The molecule has 0 saturated heterocycles. The molecule has 0 fully saturated rings. The molecule has 0 spiro atoms. The predicted molar refractivity (Wildman–Crippen MR) is 67.8 cm³/mol. The second-order valence-corrected chi connectivity index (χ2v) is 4.19. The number of benzene rings is 1. The lowest BCUT2D eigenvalue weighted by Gasteiger charge is -2.26. The molecule has 1 aromatic rings. The number of nitrogens with two attached hydrogens (primary N) is 1. The third-order valence-electron chi connectivity index (χ3n) is 2.52. The van der Waals surface area contributed by atoms with Crippen LogP contribution in [0.3, 0.4) is 0 Å². The maximum absolute atomic E-state index is 12.9. The Morgan fingerprint density at radius 2 is 2.22 bits per heavy atom. The summed E-state index contributed by atoms with van der Waals surface area (Å²) in [5.74, 6) is -0.00186. The van der Waals surface area contributed by atoms with E-state index in [1.165, 1.54) is 12.1 Å². The largest absolute Gasteiger partial charge is 0.492 e. The van der Waals surface area contributed by atoms with E-state index in [0.29, 0.717) is 18.9 Å². The van der Waals surface area contributed by atoms with Crippen LogP contribution in [-0.2, 0) is 4.79 Å². The number of halogens is 1. The number of rotatable bonds is 6. The lowest BCUT2D eigenvalue weighted by Crippen LogP contribution is -2.43. The van der Waals surface area contributed by atoms with Gasteiger partial charge < -0.3 is 15.4 Å². The molecule has 0 aliphatic rings. The molecule has 18 heavy (non-hydrogen) atoms. The summed E-state index contributed by atoms with van der Waals surface area (Å²) < 4.78 is 18.3. The van der Waals surface area contributed by atoms with E-state index in [0.717, 1.165) is 0 Å². The predicted octanol–water partition coefficient (Wildman–Crippen LogP) is 1.40. The highest BCUT2D eigenvalue weighted by Crippen LogP contribution is 2.11. The van der Waals surface area contributed by atoms with Crippen LogP contribution in [0.1, 0.15) is 13.8 Å². The fourth-order valence-corrected chi connectivity index (χ4v) is 1.61. The van der Waals surface area contributed by atoms with Crippen molar-refractivity contribution >= 4 is 5.91 Å². The zero-order chi connectivity index (χ0) is 13.5. The number of nitrogens with zero attached hydrogens (tertiary/aromatic N) is 1. The summed E-state index contributed by atoms with van der Waals surface area (Å²) in [5, 5.41) is 0. The molecule has 0 aromatic heterocycles. The van der Waals surface area contributed by atoms with Crippen LogP contribution in [-0.4, -0.2) is 36.5 Å². The SMILES string of the molecule is CC(C)N(CCOc1cccc(F)c1)C(=O)CN. The summed E-state index contributed by atoms with van der Waals surface area (Å²) in [5.41, 5.74) is 5.33. The van der Waals surface area contributed by atoms with E-state index in [4.69, 9.17) is 10.5 Å². The summed E-state index contributed by atoms with van der Waals surface area (Å²) in [6, 6.07) is 5.98. The average Bonchev–Trinajstić information content (AvgIpc) is 2.33. The number of carbonyl (C=O) groups is 1. The minimum absolute atomic E-state index is 0.0157. The molecular formula is C13H19FN2O2. The summed E-state index contributed by atoms with van der Waals surface area (Å²) >= 11 is 0. The lowest BCUT2D eigenvalue weighted by atomic mass is 10.3. The lowest BCUT2D eigenvalue weighted by molar-refractivity contribution is -0.131. The van der Waals surface area contributed by atoms with E-state index >= 15 is 0 Å². The van der Waals surface area contributed by atoms with Gasteiger partial charge >= 0.3 is 0 Å². The van der Waals surface area contributed by atoms with Crippen LogP contribution < -0.4 is 10.5 Å². The fraction of sp³-hybridized carbons (Fsp3) is 0.462. The van der Waals surface area contributed by atoms with Crippen LogP contribution in [0.5, 0.6) is 5.75 Å². The third kappa shape index (κ3) is 4.33. The van der Waals surface area contributed by atoms with Gasteiger partial charge in [-0.2, -0.15) is 0 Å². The molecule has 0 saturated carbocycles. The first-order valence-electron chi connectivity index (χ1n) is 5.92. The summed E-state index contributed by atoms with van der Waals surface area (Å²) in [6.07, 6.45) is 0. The van der Waals surface area contributed by atoms with Crippen LogP contribution in [0.15, 0.2) is 24.3 Å². The molecule has 1 amide bonds. The van der Waals surface area contributed by atoms with Crippen molar-refractivity contribution in [2.75, 3.05) is 19.7 Å². The first kappa shape index (κ1) is 14.4. The highest BCUT2D eigenvalue weighted by Gasteiger charge is 2.14. The van der Waals surface area contributed by atoms with Crippen LogP contribution in [0.4, 0.5) is 4.39 Å². The molecule has 1 rings (SSSR count). The van der Waals surface area contributed by atoms with Crippen LogP contribution in [0, 0.1) is 5.82 Å². The molecule has 0 atom stereocenters. The van der Waals surface area contributed by atoms with E-state index in [9.17, 15) is 9.18 Å². The molecule has 1 aromatic carbocycles. The first-order valence-corrected chi connectivity index (χ1v) is 5.92. The Hall–Kier alpha value is -1.62. The minimum Gasteiger partial charge on any atom is -0.492 e. The molecule has 0 radical (unpaired) electrons. The Morgan fingerprint density at radius 1 is 1.50 bits per heavy atom. The molecule has 2 N–H and O–H groups in total. The second kappa shape index (κ2) is 6.96. The molecule has 100 valence electrons. The minimum atomic E-state index is -0.341. The Bertz CT molecular complexity index is 396. The smallest absolute Gasteiger partial charge is 0.236 e. The number of hydrogen-bond acceptors (Lipinski definition) is 3. The van der Waals surface area contributed by atoms with Crippen LogP contribution in [0.25, 0.3) is 0 Å². The van der Waals surface area contributed by atoms with Gasteiger partial charge in [-0.1, -0.05) is 6.07 Å². The number of hydrogen-bond donors (Lipinski definition) is 1. The average molecular weight is 254 g/mol. The normalized spacial score (nSPS) is 10.5. The Morgan fingerprint density at radius 3 is 2.78 bits per heavy atom.